The molecule has 4 heterocycles. The molecule has 3 aliphatic rings. The molecule has 0 fully saturated rings. The van der Waals surface area contributed by atoms with Gasteiger partial charge in [-0.25, -0.2) is 0 Å². The third kappa shape index (κ3) is 1.88. The Balaban J connectivity index is 1.64. The average molecular weight is 349 g/mol. The van der Waals surface area contributed by atoms with Crippen molar-refractivity contribution in [3.05, 3.63) is 52.7 Å². The van der Waals surface area contributed by atoms with E-state index in [0.29, 0.717) is 24.1 Å². The Morgan fingerprint density at radius 1 is 1.35 bits per heavy atom. The molecule has 0 saturated heterocycles. The minimum Gasteiger partial charge on any atom is -0.376 e. The summed E-state index contributed by atoms with van der Waals surface area (Å²) < 4.78 is 0. The quantitative estimate of drug-likeness (QED) is 0.819. The summed E-state index contributed by atoms with van der Waals surface area (Å²) in [5, 5.41) is 14.7. The maximum atomic E-state index is 13.1. The van der Waals surface area contributed by atoms with E-state index in [1.54, 1.807) is 6.92 Å². The number of aliphatic hydroxyl groups is 1. The molecule has 1 unspecified atom stereocenters. The Bertz CT molecular complexity index is 1010. The highest BCUT2D eigenvalue weighted by Crippen LogP contribution is 2.46. The van der Waals surface area contributed by atoms with Crippen LogP contribution in [-0.2, 0) is 16.1 Å². The van der Waals surface area contributed by atoms with E-state index in [4.69, 9.17) is 4.98 Å². The highest BCUT2D eigenvalue weighted by molar-refractivity contribution is 6.02. The topological polar surface area (TPSA) is 82.5 Å². The number of aromatic nitrogens is 1. The van der Waals surface area contributed by atoms with Crippen molar-refractivity contribution in [2.24, 2.45) is 0 Å². The zero-order valence-electron chi connectivity index (χ0n) is 14.5. The Morgan fingerprint density at radius 2 is 2.15 bits per heavy atom. The SMILES string of the molecule is CC[C@@]1(O)C(=O)NCC2=C1CC1c3nc4ccccc4cc3CN1C2=O. The van der Waals surface area contributed by atoms with E-state index in [0.717, 1.165) is 22.2 Å². The molecule has 0 radical (unpaired) electrons. The van der Waals surface area contributed by atoms with E-state index in [2.05, 4.69) is 11.4 Å². The second-order valence-corrected chi connectivity index (χ2v) is 7.23. The predicted octanol–water partition coefficient (Wildman–Crippen LogP) is 1.59. The number of fused-ring (bicyclic) bond motifs is 4. The van der Waals surface area contributed by atoms with Gasteiger partial charge in [-0.1, -0.05) is 25.1 Å². The first-order valence-electron chi connectivity index (χ1n) is 8.95. The third-order valence-electron chi connectivity index (χ3n) is 5.96. The molecule has 2 aromatic rings. The Hall–Kier alpha value is -2.73. The van der Waals surface area contributed by atoms with Crippen molar-refractivity contribution in [1.82, 2.24) is 15.2 Å². The van der Waals surface area contributed by atoms with E-state index in [-0.39, 0.29) is 24.9 Å². The van der Waals surface area contributed by atoms with Crippen LogP contribution in [0.3, 0.4) is 0 Å². The Labute approximate surface area is 150 Å². The van der Waals surface area contributed by atoms with Gasteiger partial charge in [0, 0.05) is 24.0 Å². The molecule has 132 valence electrons. The number of nitrogens with one attached hydrogen (secondary N) is 1. The van der Waals surface area contributed by atoms with Crippen molar-refractivity contribution in [2.75, 3.05) is 6.54 Å². The minimum atomic E-state index is -1.60. The number of hydrogen-bond donors (Lipinski definition) is 2. The van der Waals surface area contributed by atoms with Gasteiger partial charge in [0.25, 0.3) is 11.8 Å². The summed E-state index contributed by atoms with van der Waals surface area (Å²) >= 11 is 0. The van der Waals surface area contributed by atoms with Crippen LogP contribution in [-0.4, -0.2) is 39.0 Å². The molecule has 1 aromatic heterocycles. The maximum absolute atomic E-state index is 13.1. The van der Waals surface area contributed by atoms with Gasteiger partial charge in [0.05, 0.1) is 17.3 Å². The van der Waals surface area contributed by atoms with Crippen LogP contribution in [0.1, 0.15) is 37.1 Å². The number of pyridine rings is 1. The summed E-state index contributed by atoms with van der Waals surface area (Å²) in [5.74, 6) is -0.519. The van der Waals surface area contributed by atoms with Gasteiger partial charge in [0.2, 0.25) is 0 Å². The van der Waals surface area contributed by atoms with Gasteiger partial charge >= 0.3 is 0 Å². The molecule has 0 saturated carbocycles. The summed E-state index contributed by atoms with van der Waals surface area (Å²) in [4.78, 5) is 32.0. The number of carbonyl (C=O) groups is 2. The average Bonchev–Trinajstić information content (AvgIpc) is 3.01. The zero-order valence-corrected chi connectivity index (χ0v) is 14.5. The molecule has 6 nitrogen and oxygen atoms in total. The second-order valence-electron chi connectivity index (χ2n) is 7.23. The van der Waals surface area contributed by atoms with Gasteiger partial charge in [0.15, 0.2) is 5.60 Å². The van der Waals surface area contributed by atoms with Crippen LogP contribution in [0.25, 0.3) is 10.9 Å². The van der Waals surface area contributed by atoms with Crippen LogP contribution in [0.5, 0.6) is 0 Å². The lowest BCUT2D eigenvalue weighted by atomic mass is 9.77. The normalized spacial score (nSPS) is 27.3. The van der Waals surface area contributed by atoms with Crippen LogP contribution >= 0.6 is 0 Å². The van der Waals surface area contributed by atoms with Crippen molar-refractivity contribution in [2.45, 2.75) is 38.0 Å². The molecule has 3 aliphatic heterocycles. The molecular formula is C20H19N3O3. The highest BCUT2D eigenvalue weighted by atomic mass is 16.3. The number of benzene rings is 1. The van der Waals surface area contributed by atoms with E-state index < -0.39 is 11.5 Å². The van der Waals surface area contributed by atoms with E-state index in [9.17, 15) is 14.7 Å². The van der Waals surface area contributed by atoms with Crippen molar-refractivity contribution in [1.29, 1.82) is 0 Å². The summed E-state index contributed by atoms with van der Waals surface area (Å²) in [6.07, 6.45) is 0.701. The van der Waals surface area contributed by atoms with Crippen molar-refractivity contribution >= 4 is 22.7 Å². The van der Waals surface area contributed by atoms with Gasteiger partial charge in [-0.3, -0.25) is 14.6 Å². The highest BCUT2D eigenvalue weighted by Gasteiger charge is 2.51. The fourth-order valence-electron chi connectivity index (χ4n) is 4.50. The van der Waals surface area contributed by atoms with Crippen molar-refractivity contribution < 1.29 is 14.7 Å². The zero-order chi connectivity index (χ0) is 18.1. The van der Waals surface area contributed by atoms with Gasteiger partial charge in [-0.05, 0) is 36.1 Å². The Morgan fingerprint density at radius 3 is 2.96 bits per heavy atom. The number of hydrogen-bond acceptors (Lipinski definition) is 4. The number of carbonyl (C=O) groups excluding carboxylic acids is 2. The van der Waals surface area contributed by atoms with Crippen LogP contribution in [0.4, 0.5) is 0 Å². The standard InChI is InChI=1S/C20H19N3O3/c1-2-20(26)14-8-16-17-12(7-11-5-3-4-6-15(11)22-17)10-23(16)18(24)13(14)9-21-19(20)25/h3-7,16,26H,2,8-10H2,1H3,(H,21,25)/t16?,20-/m0/s1. The fourth-order valence-corrected chi connectivity index (χ4v) is 4.50. The molecule has 2 amide bonds. The lowest BCUT2D eigenvalue weighted by Crippen LogP contribution is -2.56. The van der Waals surface area contributed by atoms with E-state index >= 15 is 0 Å². The molecule has 6 heteroatoms. The first kappa shape index (κ1) is 15.5. The monoisotopic (exact) mass is 349 g/mol. The summed E-state index contributed by atoms with van der Waals surface area (Å²) in [6, 6.07) is 9.78. The molecule has 26 heavy (non-hydrogen) atoms. The lowest BCUT2D eigenvalue weighted by molar-refractivity contribution is -0.140. The van der Waals surface area contributed by atoms with Crippen LogP contribution in [0, 0.1) is 0 Å². The van der Waals surface area contributed by atoms with Gasteiger partial charge in [0.1, 0.15) is 0 Å². The number of amides is 2. The molecule has 2 atom stereocenters. The fraction of sp³-hybridized carbons (Fsp3) is 0.350. The number of para-hydroxylation sites is 1. The molecule has 0 aliphatic carbocycles. The van der Waals surface area contributed by atoms with Gasteiger partial charge < -0.3 is 15.3 Å². The van der Waals surface area contributed by atoms with Crippen molar-refractivity contribution in [3.63, 3.8) is 0 Å². The summed E-state index contributed by atoms with van der Waals surface area (Å²) in [6.45, 7) is 2.47. The lowest BCUT2D eigenvalue weighted by Gasteiger charge is -2.41. The number of nitrogens with zero attached hydrogens (tertiary/aromatic N) is 2. The molecular weight excluding hydrogens is 330 g/mol. The van der Waals surface area contributed by atoms with Crippen LogP contribution in [0.15, 0.2) is 41.5 Å². The summed E-state index contributed by atoms with van der Waals surface area (Å²) in [7, 11) is 0. The molecule has 2 N–H and O–H groups in total. The Kier molecular flexibility index (Phi) is 3.07. The first-order chi connectivity index (χ1) is 12.5. The van der Waals surface area contributed by atoms with Gasteiger partial charge in [-0.2, -0.15) is 0 Å². The largest absolute Gasteiger partial charge is 0.376 e. The first-order valence-corrected chi connectivity index (χ1v) is 8.95. The van der Waals surface area contributed by atoms with Crippen LogP contribution in [0.2, 0.25) is 0 Å². The smallest absolute Gasteiger partial charge is 0.256 e. The van der Waals surface area contributed by atoms with Gasteiger partial charge in [-0.15, -0.1) is 0 Å². The molecule has 5 rings (SSSR count). The predicted molar refractivity (Wildman–Crippen MR) is 94.9 cm³/mol. The van der Waals surface area contributed by atoms with Crippen molar-refractivity contribution in [3.8, 4) is 0 Å². The van der Waals surface area contributed by atoms with E-state index in [1.807, 2.05) is 29.2 Å². The molecule has 0 spiro atoms. The van der Waals surface area contributed by atoms with E-state index in [1.165, 1.54) is 0 Å². The summed E-state index contributed by atoms with van der Waals surface area (Å²) in [5.41, 5.74) is 2.32. The molecule has 0 bridgehead atoms. The minimum absolute atomic E-state index is 0.106. The molecule has 1 aromatic carbocycles. The number of rotatable bonds is 1. The second kappa shape index (κ2) is 5.14. The maximum Gasteiger partial charge on any atom is 0.256 e. The third-order valence-corrected chi connectivity index (χ3v) is 5.96. The van der Waals surface area contributed by atoms with Crippen LogP contribution < -0.4 is 5.32 Å².